The number of rotatable bonds is 7. The van der Waals surface area contributed by atoms with Crippen molar-refractivity contribution in [3.05, 3.63) is 20.8 Å². The molecule has 4 heteroatoms. The molecule has 0 bridgehead atoms. The molecule has 17 heavy (non-hydrogen) atoms. The van der Waals surface area contributed by atoms with Gasteiger partial charge in [-0.3, -0.25) is 0 Å². The fraction of sp³-hybridized carbons (Fsp3) is 0.615. The maximum atomic E-state index is 8.88. The van der Waals surface area contributed by atoms with E-state index < -0.39 is 0 Å². The van der Waals surface area contributed by atoms with Gasteiger partial charge in [-0.2, -0.15) is 5.26 Å². The minimum absolute atomic E-state index is 0.168. The second-order valence-corrected chi connectivity index (χ2v) is 6.77. The molecule has 0 aliphatic heterocycles. The Balaban J connectivity index is 2.04. The van der Waals surface area contributed by atoms with Gasteiger partial charge >= 0.3 is 0 Å². The Morgan fingerprint density at radius 2 is 2.24 bits per heavy atom. The van der Waals surface area contributed by atoms with Crippen LogP contribution >= 0.6 is 27.3 Å². The summed E-state index contributed by atoms with van der Waals surface area (Å²) < 4.78 is 1.16. The molecule has 0 fully saturated rings. The van der Waals surface area contributed by atoms with Gasteiger partial charge in [-0.05, 0) is 55.2 Å². The van der Waals surface area contributed by atoms with Crippen LogP contribution in [0.2, 0.25) is 0 Å². The van der Waals surface area contributed by atoms with Gasteiger partial charge in [-0.25, -0.2) is 0 Å². The van der Waals surface area contributed by atoms with Crippen molar-refractivity contribution < 1.29 is 0 Å². The molecule has 94 valence electrons. The molecule has 0 amide bonds. The Morgan fingerprint density at radius 3 is 2.82 bits per heavy atom. The summed E-state index contributed by atoms with van der Waals surface area (Å²) in [5.41, 5.74) is -0.168. The fourth-order valence-electron chi connectivity index (χ4n) is 1.53. The molecule has 2 nitrogen and oxygen atoms in total. The summed E-state index contributed by atoms with van der Waals surface area (Å²) in [6.45, 7) is 5.97. The van der Waals surface area contributed by atoms with Crippen LogP contribution in [0.15, 0.2) is 15.9 Å². The van der Waals surface area contributed by atoms with E-state index in [-0.39, 0.29) is 5.41 Å². The van der Waals surface area contributed by atoms with Crippen LogP contribution in [0.1, 0.15) is 38.0 Å². The van der Waals surface area contributed by atoms with Crippen LogP contribution in [0.5, 0.6) is 0 Å². The monoisotopic (exact) mass is 314 g/mol. The summed E-state index contributed by atoms with van der Waals surface area (Å²) in [6.07, 6.45) is 3.23. The van der Waals surface area contributed by atoms with Crippen molar-refractivity contribution >= 4 is 27.3 Å². The fourth-order valence-corrected chi connectivity index (χ4v) is 2.95. The highest BCUT2D eigenvalue weighted by molar-refractivity contribution is 9.10. The average molecular weight is 315 g/mol. The molecule has 0 atom stereocenters. The first-order valence-electron chi connectivity index (χ1n) is 5.88. The van der Waals surface area contributed by atoms with E-state index >= 15 is 0 Å². The maximum absolute atomic E-state index is 8.88. The molecule has 1 aromatic rings. The number of hydrogen-bond acceptors (Lipinski definition) is 3. The minimum atomic E-state index is -0.168. The van der Waals surface area contributed by atoms with E-state index in [4.69, 9.17) is 5.26 Å². The smallest absolute Gasteiger partial charge is 0.0683 e. The molecule has 1 aromatic heterocycles. The van der Waals surface area contributed by atoms with Gasteiger partial charge in [0.05, 0.1) is 11.5 Å². The molecule has 0 saturated carbocycles. The van der Waals surface area contributed by atoms with Gasteiger partial charge in [0, 0.05) is 21.3 Å². The Labute approximate surface area is 116 Å². The molecule has 1 rings (SSSR count). The predicted octanol–water partition coefficient (Wildman–Crippen LogP) is 4.32. The molecule has 0 aliphatic rings. The zero-order valence-corrected chi connectivity index (χ0v) is 12.8. The summed E-state index contributed by atoms with van der Waals surface area (Å²) in [5, 5.41) is 14.4. The van der Waals surface area contributed by atoms with Gasteiger partial charge in [0.2, 0.25) is 0 Å². The van der Waals surface area contributed by atoms with Crippen molar-refractivity contribution in [3.8, 4) is 6.07 Å². The number of hydrogen-bond donors (Lipinski definition) is 1. The van der Waals surface area contributed by atoms with Crippen LogP contribution in [0.4, 0.5) is 0 Å². The van der Waals surface area contributed by atoms with Gasteiger partial charge in [0.15, 0.2) is 0 Å². The number of nitriles is 1. The van der Waals surface area contributed by atoms with Gasteiger partial charge in [0.1, 0.15) is 0 Å². The standard InChI is InChI=1S/C13H19BrN2S/c1-13(2,10-15)5-3-4-6-16-8-12-7-11(14)9-17-12/h7,9,16H,3-6,8H2,1-2H3. The first-order chi connectivity index (χ1) is 8.03. The zero-order valence-electron chi connectivity index (χ0n) is 10.4. The van der Waals surface area contributed by atoms with Gasteiger partial charge in [-0.15, -0.1) is 11.3 Å². The van der Waals surface area contributed by atoms with Crippen molar-refractivity contribution in [2.75, 3.05) is 6.54 Å². The van der Waals surface area contributed by atoms with Crippen molar-refractivity contribution in [1.82, 2.24) is 5.32 Å². The third kappa shape index (κ3) is 6.21. The highest BCUT2D eigenvalue weighted by Crippen LogP contribution is 2.21. The second kappa shape index (κ2) is 7.15. The van der Waals surface area contributed by atoms with Gasteiger partial charge < -0.3 is 5.32 Å². The van der Waals surface area contributed by atoms with Crippen LogP contribution in [-0.4, -0.2) is 6.54 Å². The van der Waals surface area contributed by atoms with E-state index in [2.05, 4.69) is 38.8 Å². The van der Waals surface area contributed by atoms with E-state index in [1.54, 1.807) is 11.3 Å². The number of nitrogens with zero attached hydrogens (tertiary/aromatic N) is 1. The molecule has 1 N–H and O–H groups in total. The van der Waals surface area contributed by atoms with Crippen LogP contribution < -0.4 is 5.32 Å². The van der Waals surface area contributed by atoms with E-state index in [1.807, 2.05) is 13.8 Å². The maximum Gasteiger partial charge on any atom is 0.0683 e. The minimum Gasteiger partial charge on any atom is -0.312 e. The number of halogens is 1. The molecular formula is C13H19BrN2S. The summed E-state index contributed by atoms with van der Waals surface area (Å²) >= 11 is 5.22. The Hall–Kier alpha value is -0.370. The number of nitrogens with one attached hydrogen (secondary N) is 1. The van der Waals surface area contributed by atoms with E-state index in [0.717, 1.165) is 36.8 Å². The number of unbranched alkanes of at least 4 members (excludes halogenated alkanes) is 1. The quantitative estimate of drug-likeness (QED) is 0.761. The molecule has 0 radical (unpaired) electrons. The molecule has 0 aromatic carbocycles. The lowest BCUT2D eigenvalue weighted by Crippen LogP contribution is -2.15. The van der Waals surface area contributed by atoms with E-state index in [1.165, 1.54) is 4.88 Å². The van der Waals surface area contributed by atoms with Crippen molar-refractivity contribution in [1.29, 1.82) is 5.26 Å². The first-order valence-corrected chi connectivity index (χ1v) is 7.56. The van der Waals surface area contributed by atoms with Crippen LogP contribution in [0.3, 0.4) is 0 Å². The summed E-state index contributed by atoms with van der Waals surface area (Å²) in [6, 6.07) is 4.49. The summed E-state index contributed by atoms with van der Waals surface area (Å²) in [7, 11) is 0. The van der Waals surface area contributed by atoms with Gasteiger partial charge in [-0.1, -0.05) is 6.42 Å². The molecular weight excluding hydrogens is 296 g/mol. The third-order valence-corrected chi connectivity index (χ3v) is 4.33. The van der Waals surface area contributed by atoms with Crippen LogP contribution in [-0.2, 0) is 6.54 Å². The average Bonchev–Trinajstić information content (AvgIpc) is 2.69. The Morgan fingerprint density at radius 1 is 1.47 bits per heavy atom. The Bertz CT molecular complexity index is 379. The lowest BCUT2D eigenvalue weighted by atomic mass is 9.89. The Kier molecular flexibility index (Phi) is 6.18. The first kappa shape index (κ1) is 14.7. The topological polar surface area (TPSA) is 35.8 Å². The molecule has 1 heterocycles. The molecule has 0 aliphatic carbocycles. The highest BCUT2D eigenvalue weighted by atomic mass is 79.9. The lowest BCUT2D eigenvalue weighted by Gasteiger charge is -2.14. The van der Waals surface area contributed by atoms with Crippen molar-refractivity contribution in [2.24, 2.45) is 5.41 Å². The summed E-state index contributed by atoms with van der Waals surface area (Å²) in [4.78, 5) is 1.36. The lowest BCUT2D eigenvalue weighted by molar-refractivity contribution is 0.422. The molecule has 0 spiro atoms. The van der Waals surface area contributed by atoms with Crippen LogP contribution in [0.25, 0.3) is 0 Å². The van der Waals surface area contributed by atoms with Crippen molar-refractivity contribution in [3.63, 3.8) is 0 Å². The van der Waals surface area contributed by atoms with Crippen LogP contribution in [0, 0.1) is 16.7 Å². The van der Waals surface area contributed by atoms with E-state index in [0.29, 0.717) is 0 Å². The second-order valence-electron chi connectivity index (χ2n) is 4.86. The van der Waals surface area contributed by atoms with Crippen molar-refractivity contribution in [2.45, 2.75) is 39.7 Å². The van der Waals surface area contributed by atoms with Gasteiger partial charge in [0.25, 0.3) is 0 Å². The molecule has 0 unspecified atom stereocenters. The SMILES string of the molecule is CC(C)(C#N)CCCCNCc1cc(Br)cs1. The normalized spacial score (nSPS) is 11.4. The molecule has 0 saturated heterocycles. The number of thiophene rings is 1. The zero-order chi connectivity index (χ0) is 12.7. The largest absolute Gasteiger partial charge is 0.312 e. The van der Waals surface area contributed by atoms with E-state index in [9.17, 15) is 0 Å². The summed E-state index contributed by atoms with van der Waals surface area (Å²) in [5.74, 6) is 0. The predicted molar refractivity (Wildman–Crippen MR) is 77.0 cm³/mol. The third-order valence-electron chi connectivity index (χ3n) is 2.63. The highest BCUT2D eigenvalue weighted by Gasteiger charge is 2.15.